The molecule has 1 unspecified atom stereocenters. The lowest BCUT2D eigenvalue weighted by Crippen LogP contribution is -2.24. The molecule has 0 aliphatic carbocycles. The van der Waals surface area contributed by atoms with Gasteiger partial charge in [-0.1, -0.05) is 19.1 Å². The highest BCUT2D eigenvalue weighted by Gasteiger charge is 2.15. The molecule has 1 N–H and O–H groups in total. The molecule has 1 aromatic carbocycles. The van der Waals surface area contributed by atoms with Crippen LogP contribution in [0.1, 0.15) is 30.1 Å². The average molecular weight is 303 g/mol. The van der Waals surface area contributed by atoms with Crippen LogP contribution < -0.4 is 5.32 Å². The summed E-state index contributed by atoms with van der Waals surface area (Å²) >= 11 is 3.43. The van der Waals surface area contributed by atoms with Crippen LogP contribution >= 0.6 is 22.7 Å². The Hall–Kier alpha value is -1.30. The van der Waals surface area contributed by atoms with Gasteiger partial charge in [0.15, 0.2) is 0 Å². The van der Waals surface area contributed by atoms with Crippen LogP contribution in [0.25, 0.3) is 10.2 Å². The smallest absolute Gasteiger partial charge is 0.0958 e. The summed E-state index contributed by atoms with van der Waals surface area (Å²) in [6, 6.07) is 8.58. The maximum atomic E-state index is 4.72. The molecular weight excluding hydrogens is 286 g/mol. The summed E-state index contributed by atoms with van der Waals surface area (Å²) in [7, 11) is 0. The van der Waals surface area contributed by atoms with Crippen molar-refractivity contribution in [3.63, 3.8) is 0 Å². The molecule has 1 atom stereocenters. The van der Waals surface area contributed by atoms with Crippen molar-refractivity contribution >= 4 is 32.9 Å². The Balaban J connectivity index is 1.81. The van der Waals surface area contributed by atoms with Crippen LogP contribution in [0.5, 0.6) is 0 Å². The van der Waals surface area contributed by atoms with Gasteiger partial charge in [0.1, 0.15) is 0 Å². The first-order valence-electron chi connectivity index (χ1n) is 6.82. The van der Waals surface area contributed by atoms with Crippen molar-refractivity contribution < 1.29 is 0 Å². The van der Waals surface area contributed by atoms with Crippen molar-refractivity contribution in [3.8, 4) is 0 Å². The van der Waals surface area contributed by atoms with Gasteiger partial charge in [0.25, 0.3) is 0 Å². The van der Waals surface area contributed by atoms with Gasteiger partial charge in [-0.2, -0.15) is 0 Å². The fourth-order valence-corrected chi connectivity index (χ4v) is 3.80. The monoisotopic (exact) mass is 303 g/mol. The first-order chi connectivity index (χ1) is 9.86. The molecular formula is C15H17N3S2. The quantitative estimate of drug-likeness (QED) is 0.747. The van der Waals surface area contributed by atoms with Crippen molar-refractivity contribution in [2.24, 2.45) is 0 Å². The molecule has 5 heteroatoms. The number of benzene rings is 1. The maximum Gasteiger partial charge on any atom is 0.0958 e. The molecule has 3 aromatic rings. The maximum absolute atomic E-state index is 4.72. The Bertz CT molecular complexity index is 628. The Morgan fingerprint density at radius 3 is 2.95 bits per heavy atom. The molecule has 0 aliphatic heterocycles. The van der Waals surface area contributed by atoms with Crippen LogP contribution in [0.3, 0.4) is 0 Å². The highest BCUT2D eigenvalue weighted by Crippen LogP contribution is 2.26. The summed E-state index contributed by atoms with van der Waals surface area (Å²) in [6.07, 6.45) is 2.03. The molecule has 0 bridgehead atoms. The number of nitrogens with zero attached hydrogens (tertiary/aromatic N) is 2. The van der Waals surface area contributed by atoms with E-state index in [0.717, 1.165) is 30.6 Å². The average Bonchev–Trinajstić information content (AvgIpc) is 3.11. The van der Waals surface area contributed by atoms with E-state index >= 15 is 0 Å². The highest BCUT2D eigenvalue weighted by molar-refractivity contribution is 7.18. The van der Waals surface area contributed by atoms with Gasteiger partial charge in [-0.05, 0) is 25.1 Å². The molecule has 0 fully saturated rings. The van der Waals surface area contributed by atoms with Crippen molar-refractivity contribution in [1.29, 1.82) is 0 Å². The van der Waals surface area contributed by atoms with Gasteiger partial charge in [-0.25, -0.2) is 9.97 Å². The molecule has 104 valence electrons. The molecule has 20 heavy (non-hydrogen) atoms. The lowest BCUT2D eigenvalue weighted by molar-refractivity contribution is 0.519. The Morgan fingerprint density at radius 1 is 1.30 bits per heavy atom. The predicted molar refractivity (Wildman–Crippen MR) is 86.5 cm³/mol. The molecule has 0 saturated carbocycles. The SMILES string of the molecule is CCCNC(Cc1nc2ccccc2s1)c1cscn1. The van der Waals surface area contributed by atoms with Gasteiger partial charge >= 0.3 is 0 Å². The summed E-state index contributed by atoms with van der Waals surface area (Å²) < 4.78 is 1.26. The normalized spacial score (nSPS) is 12.8. The minimum atomic E-state index is 0.266. The predicted octanol–water partition coefficient (Wildman–Crippen LogP) is 4.04. The number of nitrogens with one attached hydrogen (secondary N) is 1. The Labute approximate surface area is 126 Å². The molecule has 2 heterocycles. The van der Waals surface area contributed by atoms with Crippen molar-refractivity contribution in [2.45, 2.75) is 25.8 Å². The zero-order valence-corrected chi connectivity index (χ0v) is 13.0. The van der Waals surface area contributed by atoms with Crippen molar-refractivity contribution in [2.75, 3.05) is 6.54 Å². The van der Waals surface area contributed by atoms with E-state index in [2.05, 4.69) is 40.8 Å². The summed E-state index contributed by atoms with van der Waals surface area (Å²) in [6.45, 7) is 3.19. The lowest BCUT2D eigenvalue weighted by Gasteiger charge is -2.14. The number of hydrogen-bond acceptors (Lipinski definition) is 5. The summed E-state index contributed by atoms with van der Waals surface area (Å²) in [4.78, 5) is 9.18. The standard InChI is InChI=1S/C15H17N3S2/c1-2-7-16-12(13-9-19-10-17-13)8-15-18-11-5-3-4-6-14(11)20-15/h3-6,9-10,12,16H,2,7-8H2,1H3. The summed E-state index contributed by atoms with van der Waals surface area (Å²) in [5.41, 5.74) is 4.12. The number of rotatable bonds is 6. The molecule has 0 saturated heterocycles. The highest BCUT2D eigenvalue weighted by atomic mass is 32.1. The van der Waals surface area contributed by atoms with Crippen LogP contribution in [0, 0.1) is 0 Å². The molecule has 0 spiro atoms. The number of hydrogen-bond donors (Lipinski definition) is 1. The van der Waals surface area contributed by atoms with Crippen LogP contribution in [0.15, 0.2) is 35.2 Å². The van der Waals surface area contributed by atoms with Crippen LogP contribution in [-0.4, -0.2) is 16.5 Å². The number of fused-ring (bicyclic) bond motifs is 1. The molecule has 0 radical (unpaired) electrons. The second-order valence-corrected chi connectivity index (χ2v) is 6.53. The minimum Gasteiger partial charge on any atom is -0.308 e. The summed E-state index contributed by atoms with van der Waals surface area (Å²) in [5, 5.41) is 6.88. The number of aromatic nitrogens is 2. The van der Waals surface area contributed by atoms with Gasteiger partial charge in [0.2, 0.25) is 0 Å². The van der Waals surface area contributed by atoms with Gasteiger partial charge in [0.05, 0.1) is 32.5 Å². The molecule has 0 amide bonds. The van der Waals surface area contributed by atoms with E-state index in [0.29, 0.717) is 0 Å². The van der Waals surface area contributed by atoms with E-state index in [9.17, 15) is 0 Å². The lowest BCUT2D eigenvalue weighted by atomic mass is 10.1. The van der Waals surface area contributed by atoms with E-state index in [1.807, 2.05) is 11.6 Å². The topological polar surface area (TPSA) is 37.8 Å². The third kappa shape index (κ3) is 3.06. The van der Waals surface area contributed by atoms with E-state index in [1.54, 1.807) is 22.7 Å². The Morgan fingerprint density at radius 2 is 2.20 bits per heavy atom. The van der Waals surface area contributed by atoms with Crippen LogP contribution in [-0.2, 0) is 6.42 Å². The third-order valence-electron chi connectivity index (χ3n) is 3.17. The van der Waals surface area contributed by atoms with Crippen molar-refractivity contribution in [1.82, 2.24) is 15.3 Å². The van der Waals surface area contributed by atoms with Crippen LogP contribution in [0.2, 0.25) is 0 Å². The Kier molecular flexibility index (Phi) is 4.40. The van der Waals surface area contributed by atoms with Crippen LogP contribution in [0.4, 0.5) is 0 Å². The van der Waals surface area contributed by atoms with Gasteiger partial charge in [-0.3, -0.25) is 0 Å². The third-order valence-corrected chi connectivity index (χ3v) is 4.83. The van der Waals surface area contributed by atoms with E-state index in [-0.39, 0.29) is 6.04 Å². The fourth-order valence-electron chi connectivity index (χ4n) is 2.18. The fraction of sp³-hybridized carbons (Fsp3) is 0.333. The van der Waals surface area contributed by atoms with E-state index in [4.69, 9.17) is 4.98 Å². The molecule has 2 aromatic heterocycles. The zero-order valence-electron chi connectivity index (χ0n) is 11.4. The molecule has 0 aliphatic rings. The number of para-hydroxylation sites is 1. The zero-order chi connectivity index (χ0) is 13.8. The first-order valence-corrected chi connectivity index (χ1v) is 8.58. The molecule has 3 nitrogen and oxygen atoms in total. The van der Waals surface area contributed by atoms with Gasteiger partial charge in [-0.15, -0.1) is 22.7 Å². The largest absolute Gasteiger partial charge is 0.308 e. The summed E-state index contributed by atoms with van der Waals surface area (Å²) in [5.74, 6) is 0. The minimum absolute atomic E-state index is 0.266. The van der Waals surface area contributed by atoms with E-state index < -0.39 is 0 Å². The van der Waals surface area contributed by atoms with E-state index in [1.165, 1.54) is 9.71 Å². The molecule has 3 rings (SSSR count). The second kappa shape index (κ2) is 6.43. The van der Waals surface area contributed by atoms with Crippen molar-refractivity contribution in [3.05, 3.63) is 45.9 Å². The van der Waals surface area contributed by atoms with Gasteiger partial charge in [0, 0.05) is 11.8 Å². The van der Waals surface area contributed by atoms with Gasteiger partial charge < -0.3 is 5.32 Å². The first kappa shape index (κ1) is 13.7. The second-order valence-electron chi connectivity index (χ2n) is 4.70. The number of thiazole rings is 2.